The number of nitro groups is 1. The summed E-state index contributed by atoms with van der Waals surface area (Å²) < 4.78 is 0. The summed E-state index contributed by atoms with van der Waals surface area (Å²) in [4.78, 5) is 34.9. The molecular weight excluding hydrogens is 328 g/mol. The summed E-state index contributed by atoms with van der Waals surface area (Å²) in [6, 6.07) is 4.70. The molecule has 0 aromatic heterocycles. The van der Waals surface area contributed by atoms with Crippen molar-refractivity contribution in [1.29, 1.82) is 0 Å². The van der Waals surface area contributed by atoms with Crippen molar-refractivity contribution in [3.05, 3.63) is 33.9 Å². The number of likely N-dealkylation sites (tertiary alicyclic amines) is 1. The summed E-state index contributed by atoms with van der Waals surface area (Å²) in [6.45, 7) is 3.34. The highest BCUT2D eigenvalue weighted by molar-refractivity contribution is 5.77. The molecule has 0 spiro atoms. The maximum absolute atomic E-state index is 11.9. The van der Waals surface area contributed by atoms with Gasteiger partial charge < -0.3 is 20.6 Å². The monoisotopic (exact) mass is 350 g/mol. The quantitative estimate of drug-likeness (QED) is 0.391. The maximum Gasteiger partial charge on any atom is 0.317 e. The SMILES string of the molecule is Cc1ccc(NCCCNC(=O)N2CCC(C(=O)O)C2)c([N+](=O)[O-])c1. The van der Waals surface area contributed by atoms with Gasteiger partial charge in [-0.3, -0.25) is 14.9 Å². The van der Waals surface area contributed by atoms with Crippen LogP contribution in [0.3, 0.4) is 0 Å². The van der Waals surface area contributed by atoms with Gasteiger partial charge in [-0.1, -0.05) is 6.07 Å². The number of aliphatic carboxylic acids is 1. The molecular formula is C16H22N4O5. The van der Waals surface area contributed by atoms with Crippen LogP contribution in [0.1, 0.15) is 18.4 Å². The molecule has 2 amide bonds. The van der Waals surface area contributed by atoms with E-state index >= 15 is 0 Å². The zero-order chi connectivity index (χ0) is 18.4. The first kappa shape index (κ1) is 18.5. The van der Waals surface area contributed by atoms with Crippen LogP contribution in [-0.2, 0) is 4.79 Å². The number of carboxylic acids is 1. The third-order valence-electron chi connectivity index (χ3n) is 4.12. The summed E-state index contributed by atoms with van der Waals surface area (Å²) in [5.74, 6) is -1.37. The Morgan fingerprint density at radius 2 is 2.16 bits per heavy atom. The average molecular weight is 350 g/mol. The molecule has 1 aromatic rings. The van der Waals surface area contributed by atoms with Gasteiger partial charge >= 0.3 is 12.0 Å². The Labute approximate surface area is 145 Å². The van der Waals surface area contributed by atoms with Crippen LogP contribution >= 0.6 is 0 Å². The summed E-state index contributed by atoms with van der Waals surface area (Å²) in [6.07, 6.45) is 1.06. The number of nitro benzene ring substituents is 1. The topological polar surface area (TPSA) is 125 Å². The average Bonchev–Trinajstić information content (AvgIpc) is 3.05. The van der Waals surface area contributed by atoms with Crippen LogP contribution in [0.25, 0.3) is 0 Å². The molecule has 9 nitrogen and oxygen atoms in total. The molecule has 1 unspecified atom stereocenters. The predicted molar refractivity (Wildman–Crippen MR) is 91.7 cm³/mol. The van der Waals surface area contributed by atoms with Crippen LogP contribution in [-0.4, -0.2) is 53.1 Å². The molecule has 1 heterocycles. The van der Waals surface area contributed by atoms with E-state index in [9.17, 15) is 19.7 Å². The van der Waals surface area contributed by atoms with Crippen LogP contribution in [0.5, 0.6) is 0 Å². The molecule has 136 valence electrons. The van der Waals surface area contributed by atoms with E-state index in [4.69, 9.17) is 5.11 Å². The molecule has 1 atom stereocenters. The highest BCUT2D eigenvalue weighted by Crippen LogP contribution is 2.25. The number of benzene rings is 1. The highest BCUT2D eigenvalue weighted by Gasteiger charge is 2.30. The van der Waals surface area contributed by atoms with Crippen molar-refractivity contribution in [2.75, 3.05) is 31.5 Å². The lowest BCUT2D eigenvalue weighted by Gasteiger charge is -2.16. The fourth-order valence-corrected chi connectivity index (χ4v) is 2.71. The van der Waals surface area contributed by atoms with Crippen molar-refractivity contribution < 1.29 is 19.6 Å². The number of carbonyl (C=O) groups excluding carboxylic acids is 1. The number of carboxylic acid groups (broad SMARTS) is 1. The molecule has 0 aliphatic carbocycles. The van der Waals surface area contributed by atoms with Crippen LogP contribution < -0.4 is 10.6 Å². The van der Waals surface area contributed by atoms with Crippen molar-refractivity contribution in [2.24, 2.45) is 5.92 Å². The molecule has 0 saturated carbocycles. The number of hydrogen-bond acceptors (Lipinski definition) is 5. The summed E-state index contributed by atoms with van der Waals surface area (Å²) in [5.41, 5.74) is 1.29. The Bertz CT molecular complexity index is 664. The summed E-state index contributed by atoms with van der Waals surface area (Å²) in [7, 11) is 0. The number of amides is 2. The first-order valence-corrected chi connectivity index (χ1v) is 8.13. The molecule has 25 heavy (non-hydrogen) atoms. The normalized spacial score (nSPS) is 16.5. The lowest BCUT2D eigenvalue weighted by Crippen LogP contribution is -2.39. The molecule has 1 fully saturated rings. The van der Waals surface area contributed by atoms with Crippen molar-refractivity contribution in [3.63, 3.8) is 0 Å². The van der Waals surface area contributed by atoms with Gasteiger partial charge in [-0.05, 0) is 31.4 Å². The van der Waals surface area contributed by atoms with E-state index in [2.05, 4.69) is 10.6 Å². The van der Waals surface area contributed by atoms with E-state index in [0.29, 0.717) is 38.2 Å². The second-order valence-corrected chi connectivity index (χ2v) is 6.06. The molecule has 1 aliphatic rings. The number of nitrogens with zero attached hydrogens (tertiary/aromatic N) is 2. The fourth-order valence-electron chi connectivity index (χ4n) is 2.71. The van der Waals surface area contributed by atoms with Crippen molar-refractivity contribution in [2.45, 2.75) is 19.8 Å². The van der Waals surface area contributed by atoms with E-state index in [-0.39, 0.29) is 18.3 Å². The fraction of sp³-hybridized carbons (Fsp3) is 0.500. The molecule has 3 N–H and O–H groups in total. The van der Waals surface area contributed by atoms with Crippen molar-refractivity contribution >= 4 is 23.4 Å². The largest absolute Gasteiger partial charge is 0.481 e. The minimum absolute atomic E-state index is 0.0285. The lowest BCUT2D eigenvalue weighted by atomic mass is 10.1. The summed E-state index contributed by atoms with van der Waals surface area (Å²) >= 11 is 0. The Morgan fingerprint density at radius 3 is 2.80 bits per heavy atom. The Kier molecular flexibility index (Phi) is 6.15. The Balaban J connectivity index is 1.71. The van der Waals surface area contributed by atoms with Gasteiger partial charge in [0, 0.05) is 32.2 Å². The van der Waals surface area contributed by atoms with Gasteiger partial charge in [-0.25, -0.2) is 4.79 Å². The van der Waals surface area contributed by atoms with Crippen molar-refractivity contribution in [3.8, 4) is 0 Å². The first-order valence-electron chi connectivity index (χ1n) is 8.13. The second-order valence-electron chi connectivity index (χ2n) is 6.06. The molecule has 2 rings (SSSR count). The van der Waals surface area contributed by atoms with Crippen molar-refractivity contribution in [1.82, 2.24) is 10.2 Å². The summed E-state index contributed by atoms with van der Waals surface area (Å²) in [5, 5.41) is 25.7. The molecule has 0 bridgehead atoms. The van der Waals surface area contributed by atoms with E-state index in [1.807, 2.05) is 0 Å². The van der Waals surface area contributed by atoms with Gasteiger partial charge in [-0.2, -0.15) is 0 Å². The smallest absolute Gasteiger partial charge is 0.317 e. The molecule has 1 aromatic carbocycles. The molecule has 1 saturated heterocycles. The van der Waals surface area contributed by atoms with Crippen LogP contribution in [0.2, 0.25) is 0 Å². The van der Waals surface area contributed by atoms with Gasteiger partial charge in [0.15, 0.2) is 0 Å². The number of aryl methyl sites for hydroxylation is 1. The number of rotatable bonds is 7. The zero-order valence-corrected chi connectivity index (χ0v) is 14.0. The molecule has 0 radical (unpaired) electrons. The molecule has 9 heteroatoms. The van der Waals surface area contributed by atoms with E-state index in [1.54, 1.807) is 19.1 Å². The van der Waals surface area contributed by atoms with E-state index < -0.39 is 16.8 Å². The lowest BCUT2D eigenvalue weighted by molar-refractivity contribution is -0.384. The van der Waals surface area contributed by atoms with E-state index in [1.165, 1.54) is 11.0 Å². The standard InChI is InChI=1S/C16H22N4O5/c1-11-3-4-13(14(9-11)20(24)25)17-6-2-7-18-16(23)19-8-5-12(10-19)15(21)22/h3-4,9,12,17H,2,5-8,10H2,1H3,(H,18,23)(H,21,22). The number of nitrogens with one attached hydrogen (secondary N) is 2. The minimum atomic E-state index is -0.876. The zero-order valence-electron chi connectivity index (χ0n) is 14.0. The maximum atomic E-state index is 11.9. The minimum Gasteiger partial charge on any atom is -0.481 e. The van der Waals surface area contributed by atoms with Crippen LogP contribution in [0, 0.1) is 23.0 Å². The van der Waals surface area contributed by atoms with Gasteiger partial charge in [-0.15, -0.1) is 0 Å². The van der Waals surface area contributed by atoms with Gasteiger partial charge in [0.1, 0.15) is 5.69 Å². The second kappa shape index (κ2) is 8.32. The third-order valence-corrected chi connectivity index (χ3v) is 4.12. The Hall–Kier alpha value is -2.84. The number of anilines is 1. The number of urea groups is 1. The van der Waals surface area contributed by atoms with Crippen LogP contribution in [0.4, 0.5) is 16.2 Å². The van der Waals surface area contributed by atoms with E-state index in [0.717, 1.165) is 5.56 Å². The number of hydrogen-bond donors (Lipinski definition) is 3. The Morgan fingerprint density at radius 1 is 1.40 bits per heavy atom. The van der Waals surface area contributed by atoms with Crippen LogP contribution in [0.15, 0.2) is 18.2 Å². The third kappa shape index (κ3) is 5.07. The predicted octanol–water partition coefficient (Wildman–Crippen LogP) is 1.82. The molecule has 1 aliphatic heterocycles. The van der Waals surface area contributed by atoms with Gasteiger partial charge in [0.2, 0.25) is 0 Å². The van der Waals surface area contributed by atoms with Gasteiger partial charge in [0.25, 0.3) is 5.69 Å². The first-order chi connectivity index (χ1) is 11.9. The number of carbonyl (C=O) groups is 2. The van der Waals surface area contributed by atoms with Gasteiger partial charge in [0.05, 0.1) is 10.8 Å². The highest BCUT2D eigenvalue weighted by atomic mass is 16.6.